The second-order valence-electron chi connectivity index (χ2n) is 5.07. The molecule has 0 saturated heterocycles. The van der Waals surface area contributed by atoms with Crippen molar-refractivity contribution in [3.8, 4) is 12.1 Å². The van der Waals surface area contributed by atoms with Crippen LogP contribution in [-0.2, 0) is 4.79 Å². The lowest BCUT2D eigenvalue weighted by atomic mass is 10.1. The molecular weight excluding hydrogens is 250 g/mol. The summed E-state index contributed by atoms with van der Waals surface area (Å²) in [5, 5.41) is 17.2. The maximum atomic E-state index is 12.0. The van der Waals surface area contributed by atoms with Gasteiger partial charge in [-0.1, -0.05) is 45.4 Å². The maximum absolute atomic E-state index is 12.0. The van der Waals surface area contributed by atoms with E-state index in [2.05, 4.69) is 6.92 Å². The lowest BCUT2D eigenvalue weighted by Gasteiger charge is -2.20. The normalized spacial score (nSPS) is 9.75. The Morgan fingerprint density at radius 3 is 1.90 bits per heavy atom. The zero-order chi connectivity index (χ0) is 15.1. The molecule has 0 N–H and O–H groups in total. The molecule has 0 aromatic heterocycles. The first kappa shape index (κ1) is 18.4. The van der Waals surface area contributed by atoms with Crippen molar-refractivity contribution in [1.29, 1.82) is 10.5 Å². The van der Waals surface area contributed by atoms with Gasteiger partial charge in [-0.05, 0) is 6.42 Å². The van der Waals surface area contributed by atoms with E-state index in [9.17, 15) is 4.79 Å². The van der Waals surface area contributed by atoms with Crippen molar-refractivity contribution in [2.24, 2.45) is 0 Å². The first-order chi connectivity index (χ1) is 9.76. The van der Waals surface area contributed by atoms with Gasteiger partial charge >= 0.3 is 0 Å². The highest BCUT2D eigenvalue weighted by molar-refractivity contribution is 5.76. The van der Waals surface area contributed by atoms with Crippen molar-refractivity contribution in [3.63, 3.8) is 0 Å². The molecule has 0 spiro atoms. The Labute approximate surface area is 123 Å². The number of nitriles is 2. The standard InChI is InChI=1S/C16H27N3O/c1-2-3-4-5-6-7-8-11-16(20)19(14-9-12-17)15-10-13-18/h2-11,14-15H2,1H3. The van der Waals surface area contributed by atoms with Gasteiger partial charge in [-0.25, -0.2) is 0 Å². The molecular formula is C16H27N3O. The molecule has 0 heterocycles. The van der Waals surface area contributed by atoms with Crippen molar-refractivity contribution < 1.29 is 4.79 Å². The van der Waals surface area contributed by atoms with Crippen LogP contribution in [0.15, 0.2) is 0 Å². The second-order valence-corrected chi connectivity index (χ2v) is 5.07. The number of carbonyl (C=O) groups is 1. The first-order valence-corrected chi connectivity index (χ1v) is 7.78. The largest absolute Gasteiger partial charge is 0.341 e. The molecule has 4 heteroatoms. The van der Waals surface area contributed by atoms with Gasteiger partial charge in [-0.3, -0.25) is 4.79 Å². The Hall–Kier alpha value is -1.55. The van der Waals surface area contributed by atoms with Gasteiger partial charge in [-0.15, -0.1) is 0 Å². The third-order valence-electron chi connectivity index (χ3n) is 3.33. The Kier molecular flexibility index (Phi) is 12.8. The minimum Gasteiger partial charge on any atom is -0.341 e. The van der Waals surface area contributed by atoms with Crippen LogP contribution in [0.25, 0.3) is 0 Å². The third kappa shape index (κ3) is 10.4. The quantitative estimate of drug-likeness (QED) is 0.510. The minimum absolute atomic E-state index is 0.0871. The van der Waals surface area contributed by atoms with E-state index in [0.717, 1.165) is 12.8 Å². The molecule has 0 bridgehead atoms. The van der Waals surface area contributed by atoms with E-state index in [4.69, 9.17) is 10.5 Å². The highest BCUT2D eigenvalue weighted by Crippen LogP contribution is 2.10. The molecule has 0 fully saturated rings. The van der Waals surface area contributed by atoms with Crippen LogP contribution in [-0.4, -0.2) is 23.9 Å². The number of amides is 1. The Morgan fingerprint density at radius 2 is 1.40 bits per heavy atom. The molecule has 0 aromatic rings. The first-order valence-electron chi connectivity index (χ1n) is 7.78. The lowest BCUT2D eigenvalue weighted by Crippen LogP contribution is -2.32. The molecule has 0 saturated carbocycles. The number of unbranched alkanes of at least 4 members (excludes halogenated alkanes) is 6. The minimum atomic E-state index is 0.0871. The predicted octanol–water partition coefficient (Wildman–Crippen LogP) is 3.78. The summed E-state index contributed by atoms with van der Waals surface area (Å²) in [6.45, 7) is 3.11. The molecule has 0 aliphatic heterocycles. The van der Waals surface area contributed by atoms with E-state index < -0.39 is 0 Å². The molecule has 0 aliphatic carbocycles. The van der Waals surface area contributed by atoms with Crippen LogP contribution in [0, 0.1) is 22.7 Å². The van der Waals surface area contributed by atoms with Gasteiger partial charge in [0, 0.05) is 19.5 Å². The van der Waals surface area contributed by atoms with Gasteiger partial charge < -0.3 is 4.90 Å². The number of hydrogen-bond acceptors (Lipinski definition) is 3. The number of hydrogen-bond donors (Lipinski definition) is 0. The summed E-state index contributed by atoms with van der Waals surface area (Å²) in [7, 11) is 0. The van der Waals surface area contributed by atoms with Gasteiger partial charge in [0.05, 0.1) is 25.0 Å². The predicted molar refractivity (Wildman–Crippen MR) is 79.7 cm³/mol. The van der Waals surface area contributed by atoms with E-state index in [-0.39, 0.29) is 5.91 Å². The Bertz CT molecular complexity index is 310. The van der Waals surface area contributed by atoms with Crippen molar-refractivity contribution in [1.82, 2.24) is 4.90 Å². The van der Waals surface area contributed by atoms with Gasteiger partial charge in [0.1, 0.15) is 0 Å². The van der Waals surface area contributed by atoms with Crippen LogP contribution in [0.3, 0.4) is 0 Å². The molecule has 112 valence electrons. The third-order valence-corrected chi connectivity index (χ3v) is 3.33. The van der Waals surface area contributed by atoms with Crippen LogP contribution < -0.4 is 0 Å². The van der Waals surface area contributed by atoms with E-state index in [1.165, 1.54) is 32.1 Å². The Morgan fingerprint density at radius 1 is 0.900 bits per heavy atom. The van der Waals surface area contributed by atoms with Crippen LogP contribution in [0.1, 0.15) is 71.1 Å². The summed E-state index contributed by atoms with van der Waals surface area (Å²) in [6.07, 6.45) is 9.55. The molecule has 0 unspecified atom stereocenters. The lowest BCUT2D eigenvalue weighted by molar-refractivity contribution is -0.131. The van der Waals surface area contributed by atoms with Crippen molar-refractivity contribution in [3.05, 3.63) is 0 Å². The molecule has 4 nitrogen and oxygen atoms in total. The SMILES string of the molecule is CCCCCCCCCC(=O)N(CCC#N)CCC#N. The van der Waals surface area contributed by atoms with Crippen molar-refractivity contribution >= 4 is 5.91 Å². The van der Waals surface area contributed by atoms with Crippen LogP contribution >= 0.6 is 0 Å². The van der Waals surface area contributed by atoms with Crippen molar-refractivity contribution in [2.75, 3.05) is 13.1 Å². The molecule has 0 aromatic carbocycles. The monoisotopic (exact) mass is 277 g/mol. The van der Waals surface area contributed by atoms with Crippen LogP contribution in [0.5, 0.6) is 0 Å². The summed E-state index contributed by atoms with van der Waals surface area (Å²) in [5.41, 5.74) is 0. The van der Waals surface area contributed by atoms with E-state index in [1.807, 2.05) is 12.1 Å². The Balaban J connectivity index is 3.77. The average molecular weight is 277 g/mol. The van der Waals surface area contributed by atoms with Gasteiger partial charge in [0.2, 0.25) is 5.91 Å². The maximum Gasteiger partial charge on any atom is 0.222 e. The number of carbonyl (C=O) groups excluding carboxylic acids is 1. The molecule has 0 rings (SSSR count). The second kappa shape index (κ2) is 13.9. The summed E-state index contributed by atoms with van der Waals surface area (Å²) in [6, 6.07) is 4.10. The summed E-state index contributed by atoms with van der Waals surface area (Å²) < 4.78 is 0. The van der Waals surface area contributed by atoms with Crippen LogP contribution in [0.4, 0.5) is 0 Å². The summed E-state index contributed by atoms with van der Waals surface area (Å²) in [5.74, 6) is 0.0871. The van der Waals surface area contributed by atoms with Gasteiger partial charge in [0.25, 0.3) is 0 Å². The van der Waals surface area contributed by atoms with E-state index in [1.54, 1.807) is 4.90 Å². The summed E-state index contributed by atoms with van der Waals surface area (Å²) >= 11 is 0. The van der Waals surface area contributed by atoms with Gasteiger partial charge in [0.15, 0.2) is 0 Å². The summed E-state index contributed by atoms with van der Waals surface area (Å²) in [4.78, 5) is 13.7. The van der Waals surface area contributed by atoms with Crippen molar-refractivity contribution in [2.45, 2.75) is 71.1 Å². The topological polar surface area (TPSA) is 67.9 Å². The number of rotatable bonds is 12. The van der Waals surface area contributed by atoms with Crippen LogP contribution in [0.2, 0.25) is 0 Å². The van der Waals surface area contributed by atoms with E-state index in [0.29, 0.717) is 32.4 Å². The number of nitrogens with zero attached hydrogens (tertiary/aromatic N) is 3. The van der Waals surface area contributed by atoms with Gasteiger partial charge in [-0.2, -0.15) is 10.5 Å². The fourth-order valence-corrected chi connectivity index (χ4v) is 2.12. The highest BCUT2D eigenvalue weighted by Gasteiger charge is 2.12. The fraction of sp³-hybridized carbons (Fsp3) is 0.812. The van der Waals surface area contributed by atoms with E-state index >= 15 is 0 Å². The highest BCUT2D eigenvalue weighted by atomic mass is 16.2. The molecule has 1 amide bonds. The fourth-order valence-electron chi connectivity index (χ4n) is 2.12. The smallest absolute Gasteiger partial charge is 0.222 e. The molecule has 20 heavy (non-hydrogen) atoms. The zero-order valence-electron chi connectivity index (χ0n) is 12.7. The average Bonchev–Trinajstić information content (AvgIpc) is 2.46. The molecule has 0 aliphatic rings. The molecule has 0 radical (unpaired) electrons. The molecule has 0 atom stereocenters. The zero-order valence-corrected chi connectivity index (χ0v) is 12.7.